The van der Waals surface area contributed by atoms with Gasteiger partial charge >= 0.3 is 0 Å². The molecule has 7 nitrogen and oxygen atoms in total. The molecule has 3 amide bonds. The van der Waals surface area contributed by atoms with Gasteiger partial charge in [-0.2, -0.15) is 0 Å². The van der Waals surface area contributed by atoms with Crippen LogP contribution in [0.1, 0.15) is 20.3 Å². The van der Waals surface area contributed by atoms with Crippen molar-refractivity contribution in [1.82, 2.24) is 9.80 Å². The molecule has 4 heterocycles. The molecule has 9 heteroatoms. The zero-order valence-electron chi connectivity index (χ0n) is 20.1. The van der Waals surface area contributed by atoms with E-state index in [0.717, 1.165) is 0 Å². The van der Waals surface area contributed by atoms with Gasteiger partial charge in [-0.25, -0.2) is 0 Å². The summed E-state index contributed by atoms with van der Waals surface area (Å²) in [5.74, 6) is -1.91. The number of carbonyl (C=O) groups is 3. The second-order valence-corrected chi connectivity index (χ2v) is 12.1. The fourth-order valence-electron chi connectivity index (χ4n) is 6.28. The molecular formula is C26H30ClN3O4S. The summed E-state index contributed by atoms with van der Waals surface area (Å²) in [6.45, 7) is 4.41. The molecule has 0 aromatic heterocycles. The highest BCUT2D eigenvalue weighted by atomic mass is 35.5. The molecule has 1 aromatic carbocycles. The second-order valence-electron chi connectivity index (χ2n) is 9.91. The van der Waals surface area contributed by atoms with Crippen LogP contribution in [0.25, 0.3) is 0 Å². The molecule has 1 spiro atoms. The van der Waals surface area contributed by atoms with E-state index in [1.807, 2.05) is 50.3 Å². The largest absolute Gasteiger partial charge is 0.394 e. The quantitative estimate of drug-likeness (QED) is 0.624. The van der Waals surface area contributed by atoms with Crippen LogP contribution < -0.4 is 4.90 Å². The van der Waals surface area contributed by atoms with Crippen molar-refractivity contribution in [2.75, 3.05) is 31.6 Å². The van der Waals surface area contributed by atoms with Gasteiger partial charge in [-0.15, -0.1) is 11.8 Å². The van der Waals surface area contributed by atoms with Gasteiger partial charge in [0.15, 0.2) is 0 Å². The van der Waals surface area contributed by atoms with Crippen LogP contribution in [0, 0.1) is 11.8 Å². The number of amides is 3. The molecule has 186 valence electrons. The molecule has 0 aliphatic carbocycles. The summed E-state index contributed by atoms with van der Waals surface area (Å²) in [6, 6.07) is 5.76. The Morgan fingerprint density at radius 2 is 1.80 bits per heavy atom. The minimum Gasteiger partial charge on any atom is -0.394 e. The molecular weight excluding hydrogens is 486 g/mol. The van der Waals surface area contributed by atoms with Crippen LogP contribution >= 0.6 is 23.4 Å². The number of likely N-dealkylation sites (N-methyl/N-ethyl adjacent to an activating group) is 1. The van der Waals surface area contributed by atoms with Crippen molar-refractivity contribution in [2.24, 2.45) is 11.8 Å². The van der Waals surface area contributed by atoms with E-state index in [1.54, 1.807) is 33.9 Å². The van der Waals surface area contributed by atoms with Crippen molar-refractivity contribution in [3.05, 3.63) is 53.6 Å². The van der Waals surface area contributed by atoms with Gasteiger partial charge in [-0.05, 0) is 25.5 Å². The maximum absolute atomic E-state index is 14.4. The summed E-state index contributed by atoms with van der Waals surface area (Å²) in [6.07, 6.45) is 8.39. The SMILES string of the molecule is CC[C@@H](CO)N1C(=O)[C@@H]2[C@H]3C(=O)N(C)CC=C[C@@]3(C)S[C@@]23C=CCN(c2ccccc2Cl)C(=O)C13. The first-order valence-corrected chi connectivity index (χ1v) is 13.2. The fourth-order valence-corrected chi connectivity index (χ4v) is 8.66. The first kappa shape index (κ1) is 24.4. The van der Waals surface area contributed by atoms with Crippen LogP contribution in [-0.4, -0.2) is 80.9 Å². The van der Waals surface area contributed by atoms with E-state index in [1.165, 1.54) is 11.8 Å². The standard InChI is InChI=1S/C26H30ClN3O4S/c1-4-16(15-31)30-21-24(34)29(18-10-6-5-9-17(18)27)14-8-12-26(21)20(23(30)33)19-22(32)28(3)13-7-11-25(19,2)35-26/h5-12,16,19-21,31H,4,13-15H2,1-3H3/t16-,19-,20-,21?,25+,26-/m0/s1. The number of nitrogens with zero attached hydrogens (tertiary/aromatic N) is 3. The summed E-state index contributed by atoms with van der Waals surface area (Å²) in [7, 11) is 1.75. The number of anilines is 1. The van der Waals surface area contributed by atoms with Crippen molar-refractivity contribution in [2.45, 2.75) is 41.8 Å². The monoisotopic (exact) mass is 515 g/mol. The Morgan fingerprint density at radius 3 is 2.49 bits per heavy atom. The van der Waals surface area contributed by atoms with E-state index in [2.05, 4.69) is 0 Å². The number of thioether (sulfide) groups is 1. The molecule has 35 heavy (non-hydrogen) atoms. The van der Waals surface area contributed by atoms with Crippen molar-refractivity contribution in [3.8, 4) is 0 Å². The topological polar surface area (TPSA) is 81.2 Å². The molecule has 1 N–H and O–H groups in total. The molecule has 2 fully saturated rings. The molecule has 4 aliphatic rings. The number of fused-ring (bicyclic) bond motifs is 2. The highest BCUT2D eigenvalue weighted by Gasteiger charge is 2.74. The summed E-state index contributed by atoms with van der Waals surface area (Å²) >= 11 is 8.02. The number of carbonyl (C=O) groups excluding carboxylic acids is 3. The van der Waals surface area contributed by atoms with Gasteiger partial charge in [0.05, 0.1) is 39.9 Å². The molecule has 2 saturated heterocycles. The predicted octanol–water partition coefficient (Wildman–Crippen LogP) is 2.73. The first-order valence-electron chi connectivity index (χ1n) is 12.0. The van der Waals surface area contributed by atoms with Crippen molar-refractivity contribution >= 4 is 46.8 Å². The third kappa shape index (κ3) is 3.40. The van der Waals surface area contributed by atoms with E-state index < -0.39 is 33.4 Å². The van der Waals surface area contributed by atoms with Gasteiger partial charge in [0.1, 0.15) is 6.04 Å². The maximum atomic E-state index is 14.4. The normalized spacial score (nSPS) is 35.1. The molecule has 0 saturated carbocycles. The zero-order chi connectivity index (χ0) is 25.1. The van der Waals surface area contributed by atoms with E-state index in [-0.39, 0.29) is 24.3 Å². The third-order valence-corrected chi connectivity index (χ3v) is 10.0. The number of para-hydroxylation sites is 1. The Morgan fingerprint density at radius 1 is 1.09 bits per heavy atom. The van der Waals surface area contributed by atoms with Gasteiger partial charge in [0.2, 0.25) is 11.8 Å². The number of aliphatic hydroxyl groups excluding tert-OH is 1. The summed E-state index contributed by atoms with van der Waals surface area (Å²) < 4.78 is -1.58. The summed E-state index contributed by atoms with van der Waals surface area (Å²) in [5, 5.41) is 10.7. The number of hydrogen-bond acceptors (Lipinski definition) is 5. The molecule has 5 rings (SSSR count). The maximum Gasteiger partial charge on any atom is 0.251 e. The number of benzene rings is 1. The molecule has 1 unspecified atom stereocenters. The van der Waals surface area contributed by atoms with E-state index in [0.29, 0.717) is 30.2 Å². The molecule has 0 bridgehead atoms. The lowest BCUT2D eigenvalue weighted by atomic mass is 9.74. The van der Waals surface area contributed by atoms with Crippen LogP contribution in [0.2, 0.25) is 5.02 Å². The van der Waals surface area contributed by atoms with Gasteiger partial charge in [0.25, 0.3) is 5.91 Å². The smallest absolute Gasteiger partial charge is 0.251 e. The Labute approximate surface area is 214 Å². The Bertz CT molecular complexity index is 1140. The lowest BCUT2D eigenvalue weighted by Crippen LogP contribution is -2.56. The van der Waals surface area contributed by atoms with Crippen molar-refractivity contribution in [1.29, 1.82) is 0 Å². The number of likely N-dealkylation sites (tertiary alicyclic amines) is 1. The molecule has 1 aromatic rings. The minimum atomic E-state index is -0.940. The second kappa shape index (κ2) is 8.68. The summed E-state index contributed by atoms with van der Waals surface area (Å²) in [5.41, 5.74) is 0.577. The van der Waals surface area contributed by atoms with Crippen LogP contribution in [0.3, 0.4) is 0 Å². The molecule has 6 atom stereocenters. The Kier molecular flexibility index (Phi) is 6.05. The van der Waals surface area contributed by atoms with E-state index >= 15 is 0 Å². The van der Waals surface area contributed by atoms with E-state index in [9.17, 15) is 19.5 Å². The zero-order valence-corrected chi connectivity index (χ0v) is 21.6. The molecule has 4 aliphatic heterocycles. The highest BCUT2D eigenvalue weighted by Crippen LogP contribution is 2.65. The highest BCUT2D eigenvalue weighted by molar-refractivity contribution is 8.02. The predicted molar refractivity (Wildman–Crippen MR) is 137 cm³/mol. The van der Waals surface area contributed by atoms with Crippen LogP contribution in [0.5, 0.6) is 0 Å². The fraction of sp³-hybridized carbons (Fsp3) is 0.500. The number of hydrogen-bond donors (Lipinski definition) is 1. The van der Waals surface area contributed by atoms with Crippen LogP contribution in [0.4, 0.5) is 5.69 Å². The number of rotatable bonds is 4. The van der Waals surface area contributed by atoms with Gasteiger partial charge in [0, 0.05) is 24.9 Å². The van der Waals surface area contributed by atoms with Crippen molar-refractivity contribution < 1.29 is 19.5 Å². The van der Waals surface area contributed by atoms with Gasteiger partial charge in [-0.3, -0.25) is 14.4 Å². The number of halogens is 1. The van der Waals surface area contributed by atoms with Crippen molar-refractivity contribution in [3.63, 3.8) is 0 Å². The van der Waals surface area contributed by atoms with E-state index in [4.69, 9.17) is 11.6 Å². The van der Waals surface area contributed by atoms with Gasteiger partial charge in [-0.1, -0.05) is 55.0 Å². The van der Waals surface area contributed by atoms with Crippen LogP contribution in [-0.2, 0) is 14.4 Å². The van der Waals surface area contributed by atoms with Gasteiger partial charge < -0.3 is 19.8 Å². The Balaban J connectivity index is 1.70. The lowest BCUT2D eigenvalue weighted by molar-refractivity contribution is -0.144. The van der Waals surface area contributed by atoms with Crippen LogP contribution in [0.15, 0.2) is 48.6 Å². The average molecular weight is 516 g/mol. The Hall–Kier alpha value is -2.29. The average Bonchev–Trinajstić information content (AvgIpc) is 3.11. The third-order valence-electron chi connectivity index (χ3n) is 7.91. The molecule has 0 radical (unpaired) electrons. The number of aliphatic hydroxyl groups is 1. The summed E-state index contributed by atoms with van der Waals surface area (Å²) in [4.78, 5) is 47.0. The lowest BCUT2D eigenvalue weighted by Gasteiger charge is -2.39. The minimum absolute atomic E-state index is 0.0917. The first-order chi connectivity index (χ1) is 16.7.